The largest absolute Gasteiger partial charge is 0.393 e. The number of nitrogens with zero attached hydrogens (tertiary/aromatic N) is 3. The van der Waals surface area contributed by atoms with Gasteiger partial charge in [-0.25, -0.2) is 9.67 Å². The van der Waals surface area contributed by atoms with Gasteiger partial charge in [0.15, 0.2) is 5.82 Å². The van der Waals surface area contributed by atoms with Gasteiger partial charge in [0, 0.05) is 19.6 Å². The van der Waals surface area contributed by atoms with Crippen molar-refractivity contribution in [3.05, 3.63) is 11.6 Å². The highest BCUT2D eigenvalue weighted by molar-refractivity contribution is 5.01. The van der Waals surface area contributed by atoms with Crippen LogP contribution in [0.25, 0.3) is 0 Å². The number of rotatable bonds is 1. The molecule has 2 atom stereocenters. The normalized spacial score (nSPS) is 30.1. The van der Waals surface area contributed by atoms with Gasteiger partial charge < -0.3 is 9.84 Å². The van der Waals surface area contributed by atoms with E-state index in [1.807, 2.05) is 4.68 Å². The van der Waals surface area contributed by atoms with Crippen LogP contribution < -0.4 is 0 Å². The SMILES string of the molecule is OC1CCn2nc(C3CCCCO3)nc2C1. The Morgan fingerprint density at radius 1 is 1.31 bits per heavy atom. The molecule has 1 N–H and O–H groups in total. The van der Waals surface area contributed by atoms with Gasteiger partial charge in [-0.1, -0.05) is 0 Å². The first-order valence-corrected chi connectivity index (χ1v) is 6.06. The number of aliphatic hydroxyl groups excluding tert-OH is 1. The molecule has 0 aliphatic carbocycles. The fraction of sp³-hybridized carbons (Fsp3) is 0.818. The summed E-state index contributed by atoms with van der Waals surface area (Å²) in [6.07, 6.45) is 4.58. The summed E-state index contributed by atoms with van der Waals surface area (Å²) in [6.45, 7) is 1.59. The van der Waals surface area contributed by atoms with E-state index in [9.17, 15) is 5.11 Å². The second-order valence-corrected chi connectivity index (χ2v) is 4.61. The topological polar surface area (TPSA) is 60.2 Å². The van der Waals surface area contributed by atoms with Crippen LogP contribution in [-0.2, 0) is 17.7 Å². The van der Waals surface area contributed by atoms with E-state index in [4.69, 9.17) is 4.74 Å². The third-order valence-electron chi connectivity index (χ3n) is 3.32. The van der Waals surface area contributed by atoms with E-state index < -0.39 is 0 Å². The van der Waals surface area contributed by atoms with Crippen LogP contribution in [0.15, 0.2) is 0 Å². The number of aryl methyl sites for hydroxylation is 1. The minimum absolute atomic E-state index is 0.0731. The zero-order chi connectivity index (χ0) is 11.0. The molecule has 5 nitrogen and oxygen atoms in total. The standard InChI is InChI=1S/C11H17N3O2/c15-8-4-5-14-10(7-8)12-11(13-14)9-3-1-2-6-16-9/h8-9,15H,1-7H2. The Hall–Kier alpha value is -0.940. The van der Waals surface area contributed by atoms with E-state index in [0.29, 0.717) is 6.42 Å². The smallest absolute Gasteiger partial charge is 0.179 e. The van der Waals surface area contributed by atoms with Crippen LogP contribution in [0.3, 0.4) is 0 Å². The van der Waals surface area contributed by atoms with Gasteiger partial charge in [0.25, 0.3) is 0 Å². The first kappa shape index (κ1) is 10.2. The lowest BCUT2D eigenvalue weighted by atomic mass is 10.1. The average Bonchev–Trinajstić information content (AvgIpc) is 2.73. The Bertz CT molecular complexity index is 371. The number of hydrogen-bond acceptors (Lipinski definition) is 4. The van der Waals surface area contributed by atoms with E-state index in [1.165, 1.54) is 6.42 Å². The van der Waals surface area contributed by atoms with Gasteiger partial charge in [-0.05, 0) is 25.7 Å². The number of aromatic nitrogens is 3. The summed E-state index contributed by atoms with van der Waals surface area (Å²) in [5, 5.41) is 14.0. The minimum Gasteiger partial charge on any atom is -0.393 e. The Morgan fingerprint density at radius 2 is 2.25 bits per heavy atom. The molecule has 16 heavy (non-hydrogen) atoms. The average molecular weight is 223 g/mol. The summed E-state index contributed by atoms with van der Waals surface area (Å²) in [5.41, 5.74) is 0. The van der Waals surface area contributed by atoms with E-state index in [2.05, 4.69) is 10.1 Å². The molecule has 0 amide bonds. The van der Waals surface area contributed by atoms with Crippen molar-refractivity contribution in [3.63, 3.8) is 0 Å². The van der Waals surface area contributed by atoms with Crippen molar-refractivity contribution in [1.82, 2.24) is 14.8 Å². The molecule has 0 bridgehead atoms. The molecule has 1 aromatic heterocycles. The molecular weight excluding hydrogens is 206 g/mol. The van der Waals surface area contributed by atoms with Gasteiger partial charge in [0.05, 0.1) is 6.10 Å². The first-order valence-electron chi connectivity index (χ1n) is 6.06. The highest BCUT2D eigenvalue weighted by Crippen LogP contribution is 2.26. The van der Waals surface area contributed by atoms with Crippen molar-refractivity contribution in [1.29, 1.82) is 0 Å². The number of aliphatic hydroxyl groups is 1. The van der Waals surface area contributed by atoms with Gasteiger partial charge in [-0.2, -0.15) is 5.10 Å². The summed E-state index contributed by atoms with van der Waals surface area (Å²) < 4.78 is 7.58. The molecule has 5 heteroatoms. The van der Waals surface area contributed by atoms with Crippen molar-refractivity contribution in [2.24, 2.45) is 0 Å². The van der Waals surface area contributed by atoms with E-state index in [-0.39, 0.29) is 12.2 Å². The van der Waals surface area contributed by atoms with E-state index in [0.717, 1.165) is 44.1 Å². The van der Waals surface area contributed by atoms with Crippen molar-refractivity contribution in [2.75, 3.05) is 6.61 Å². The molecule has 1 saturated heterocycles. The summed E-state index contributed by atoms with van der Waals surface area (Å²) in [6, 6.07) is 0. The number of ether oxygens (including phenoxy) is 1. The number of hydrogen-bond donors (Lipinski definition) is 1. The maximum absolute atomic E-state index is 9.56. The van der Waals surface area contributed by atoms with Crippen LogP contribution in [-0.4, -0.2) is 32.6 Å². The minimum atomic E-state index is -0.253. The Labute approximate surface area is 94.4 Å². The first-order chi connectivity index (χ1) is 7.83. The zero-order valence-corrected chi connectivity index (χ0v) is 9.30. The molecule has 3 rings (SSSR count). The monoisotopic (exact) mass is 223 g/mol. The molecular formula is C11H17N3O2. The molecule has 2 aliphatic heterocycles. The van der Waals surface area contributed by atoms with Gasteiger partial charge >= 0.3 is 0 Å². The summed E-state index contributed by atoms with van der Waals surface area (Å²) in [4.78, 5) is 4.49. The zero-order valence-electron chi connectivity index (χ0n) is 9.30. The van der Waals surface area contributed by atoms with Crippen LogP contribution in [0, 0.1) is 0 Å². The highest BCUT2D eigenvalue weighted by atomic mass is 16.5. The van der Waals surface area contributed by atoms with Crippen molar-refractivity contribution in [2.45, 2.75) is 50.9 Å². The molecule has 0 saturated carbocycles. The van der Waals surface area contributed by atoms with Gasteiger partial charge in [-0.15, -0.1) is 0 Å². The van der Waals surface area contributed by atoms with Gasteiger partial charge in [0.2, 0.25) is 0 Å². The maximum Gasteiger partial charge on any atom is 0.179 e. The maximum atomic E-state index is 9.56. The molecule has 0 radical (unpaired) electrons. The fourth-order valence-corrected chi connectivity index (χ4v) is 2.39. The highest BCUT2D eigenvalue weighted by Gasteiger charge is 2.25. The molecule has 1 aromatic rings. The number of fused-ring (bicyclic) bond motifs is 1. The molecule has 0 aromatic carbocycles. The fourth-order valence-electron chi connectivity index (χ4n) is 2.39. The van der Waals surface area contributed by atoms with Crippen LogP contribution in [0.4, 0.5) is 0 Å². The third kappa shape index (κ3) is 1.85. The predicted octanol–water partition coefficient (Wildman–Crippen LogP) is 0.827. The van der Waals surface area contributed by atoms with Crippen LogP contribution >= 0.6 is 0 Å². The van der Waals surface area contributed by atoms with Crippen LogP contribution in [0.5, 0.6) is 0 Å². The van der Waals surface area contributed by atoms with Gasteiger partial charge in [-0.3, -0.25) is 0 Å². The molecule has 1 fully saturated rings. The van der Waals surface area contributed by atoms with Crippen molar-refractivity contribution >= 4 is 0 Å². The van der Waals surface area contributed by atoms with Crippen LogP contribution in [0.2, 0.25) is 0 Å². The predicted molar refractivity (Wildman–Crippen MR) is 56.9 cm³/mol. The Balaban J connectivity index is 1.80. The van der Waals surface area contributed by atoms with Crippen molar-refractivity contribution < 1.29 is 9.84 Å². The third-order valence-corrected chi connectivity index (χ3v) is 3.32. The summed E-state index contributed by atoms with van der Waals surface area (Å²) in [7, 11) is 0. The Morgan fingerprint density at radius 3 is 3.06 bits per heavy atom. The quantitative estimate of drug-likeness (QED) is 0.766. The van der Waals surface area contributed by atoms with Gasteiger partial charge in [0.1, 0.15) is 11.9 Å². The van der Waals surface area contributed by atoms with Crippen LogP contribution in [0.1, 0.15) is 43.4 Å². The lowest BCUT2D eigenvalue weighted by Gasteiger charge is -2.19. The Kier molecular flexibility index (Phi) is 2.65. The second kappa shape index (κ2) is 4.14. The molecule has 0 spiro atoms. The summed E-state index contributed by atoms with van der Waals surface area (Å²) >= 11 is 0. The molecule has 3 heterocycles. The lowest BCUT2D eigenvalue weighted by molar-refractivity contribution is 0.00936. The molecule has 2 unspecified atom stereocenters. The van der Waals surface area contributed by atoms with E-state index in [1.54, 1.807) is 0 Å². The van der Waals surface area contributed by atoms with E-state index >= 15 is 0 Å². The van der Waals surface area contributed by atoms with Crippen molar-refractivity contribution in [3.8, 4) is 0 Å². The summed E-state index contributed by atoms with van der Waals surface area (Å²) in [5.74, 6) is 1.71. The molecule has 88 valence electrons. The lowest BCUT2D eigenvalue weighted by Crippen LogP contribution is -2.23. The molecule has 2 aliphatic rings. The second-order valence-electron chi connectivity index (χ2n) is 4.61.